The van der Waals surface area contributed by atoms with Crippen molar-refractivity contribution in [2.24, 2.45) is 0 Å². The minimum atomic E-state index is -0.346. The highest BCUT2D eigenvalue weighted by Gasteiger charge is 2.32. The maximum Gasteiger partial charge on any atom is 0.261 e. The van der Waals surface area contributed by atoms with Crippen molar-refractivity contribution >= 4 is 28.3 Å². The van der Waals surface area contributed by atoms with E-state index in [-0.39, 0.29) is 38.2 Å². The van der Waals surface area contributed by atoms with Gasteiger partial charge in [0.05, 0.1) is 26.4 Å². The Kier molecular flexibility index (Phi) is 3.79. The first kappa shape index (κ1) is 14.5. The fourth-order valence-corrected chi connectivity index (χ4v) is 2.69. The molecule has 6 heteroatoms. The molecule has 1 heterocycles. The second-order valence-corrected chi connectivity index (χ2v) is 5.03. The van der Waals surface area contributed by atoms with E-state index >= 15 is 0 Å². The van der Waals surface area contributed by atoms with Crippen molar-refractivity contribution in [2.75, 3.05) is 32.1 Å². The summed E-state index contributed by atoms with van der Waals surface area (Å²) in [5.74, 6) is -0.692. The highest BCUT2D eigenvalue weighted by molar-refractivity contribution is 6.26. The average molecular weight is 300 g/mol. The first-order chi connectivity index (χ1) is 10.6. The van der Waals surface area contributed by atoms with Crippen LogP contribution in [0.25, 0.3) is 10.8 Å². The van der Waals surface area contributed by atoms with Gasteiger partial charge in [0.25, 0.3) is 11.8 Å². The molecule has 0 radical (unpaired) electrons. The predicted molar refractivity (Wildman–Crippen MR) is 81.6 cm³/mol. The summed E-state index contributed by atoms with van der Waals surface area (Å²) in [4.78, 5) is 26.3. The zero-order valence-electron chi connectivity index (χ0n) is 11.9. The van der Waals surface area contributed by atoms with E-state index in [2.05, 4.69) is 0 Å². The van der Waals surface area contributed by atoms with E-state index in [9.17, 15) is 9.59 Å². The summed E-state index contributed by atoms with van der Waals surface area (Å²) in [6, 6.07) is 8.58. The summed E-state index contributed by atoms with van der Waals surface area (Å²) in [7, 11) is 0. The van der Waals surface area contributed by atoms with Gasteiger partial charge in [0.2, 0.25) is 0 Å². The first-order valence-corrected chi connectivity index (χ1v) is 7.01. The van der Waals surface area contributed by atoms with Gasteiger partial charge in [-0.05, 0) is 18.2 Å². The van der Waals surface area contributed by atoms with Crippen molar-refractivity contribution in [2.45, 2.75) is 0 Å². The lowest BCUT2D eigenvalue weighted by atomic mass is 9.93. The lowest BCUT2D eigenvalue weighted by Crippen LogP contribution is -2.42. The van der Waals surface area contributed by atoms with E-state index in [1.807, 2.05) is 0 Å². The maximum atomic E-state index is 12.5. The summed E-state index contributed by atoms with van der Waals surface area (Å²) in [6.07, 6.45) is 0. The Morgan fingerprint density at radius 1 is 1.05 bits per heavy atom. The average Bonchev–Trinajstić information content (AvgIpc) is 2.53. The summed E-state index contributed by atoms with van der Waals surface area (Å²) < 4.78 is 5.15. The van der Waals surface area contributed by atoms with Gasteiger partial charge in [0.1, 0.15) is 0 Å². The van der Waals surface area contributed by atoms with Crippen LogP contribution < -0.4 is 5.73 Å². The van der Waals surface area contributed by atoms with Gasteiger partial charge in [-0.15, -0.1) is 0 Å². The molecule has 0 bridgehead atoms. The van der Waals surface area contributed by atoms with Crippen LogP contribution in [0.3, 0.4) is 0 Å². The zero-order valence-corrected chi connectivity index (χ0v) is 11.9. The highest BCUT2D eigenvalue weighted by atomic mass is 16.5. The van der Waals surface area contributed by atoms with Gasteiger partial charge >= 0.3 is 0 Å². The van der Waals surface area contributed by atoms with Crippen molar-refractivity contribution in [1.29, 1.82) is 0 Å². The lowest BCUT2D eigenvalue weighted by Gasteiger charge is -2.27. The number of imide groups is 1. The molecule has 2 aromatic rings. The third-order valence-electron chi connectivity index (χ3n) is 3.72. The monoisotopic (exact) mass is 300 g/mol. The fraction of sp³-hybridized carbons (Fsp3) is 0.250. The Hall–Kier alpha value is -2.44. The van der Waals surface area contributed by atoms with Crippen molar-refractivity contribution in [3.8, 4) is 0 Å². The van der Waals surface area contributed by atoms with Crippen LogP contribution in [-0.2, 0) is 4.74 Å². The topological polar surface area (TPSA) is 92.9 Å². The van der Waals surface area contributed by atoms with Crippen LogP contribution in [0.1, 0.15) is 20.7 Å². The van der Waals surface area contributed by atoms with E-state index in [0.29, 0.717) is 27.6 Å². The number of nitrogens with zero attached hydrogens (tertiary/aromatic N) is 1. The van der Waals surface area contributed by atoms with Gasteiger partial charge in [0, 0.05) is 27.6 Å². The number of benzene rings is 2. The molecule has 1 aliphatic heterocycles. The van der Waals surface area contributed by atoms with E-state index < -0.39 is 0 Å². The number of hydrogen-bond acceptors (Lipinski definition) is 5. The van der Waals surface area contributed by atoms with Crippen LogP contribution in [-0.4, -0.2) is 48.2 Å². The minimum absolute atomic E-state index is 0.0939. The number of aliphatic hydroxyl groups is 1. The van der Waals surface area contributed by atoms with Crippen molar-refractivity contribution < 1.29 is 19.4 Å². The van der Waals surface area contributed by atoms with Crippen LogP contribution in [0.4, 0.5) is 5.69 Å². The molecule has 0 spiro atoms. The Morgan fingerprint density at radius 2 is 1.77 bits per heavy atom. The molecule has 3 rings (SSSR count). The van der Waals surface area contributed by atoms with Crippen LogP contribution in [0.15, 0.2) is 30.3 Å². The molecule has 3 N–H and O–H groups in total. The van der Waals surface area contributed by atoms with Crippen LogP contribution in [0.5, 0.6) is 0 Å². The van der Waals surface area contributed by atoms with Crippen LogP contribution in [0, 0.1) is 0 Å². The van der Waals surface area contributed by atoms with Gasteiger partial charge in [-0.25, -0.2) is 0 Å². The summed E-state index contributed by atoms with van der Waals surface area (Å²) in [5, 5.41) is 10.0. The second-order valence-electron chi connectivity index (χ2n) is 5.03. The molecule has 114 valence electrons. The fourth-order valence-electron chi connectivity index (χ4n) is 2.69. The van der Waals surface area contributed by atoms with Gasteiger partial charge < -0.3 is 15.6 Å². The van der Waals surface area contributed by atoms with Crippen molar-refractivity contribution in [3.63, 3.8) is 0 Å². The van der Waals surface area contributed by atoms with Gasteiger partial charge in [-0.1, -0.05) is 12.1 Å². The standard InChI is InChI=1S/C16H16N2O4/c17-13-5-4-12-14-10(13)2-1-3-11(14)15(20)18(16(12)21)6-8-22-9-7-19/h1-5,19H,6-9,17H2. The number of nitrogens with two attached hydrogens (primary N) is 1. The molecule has 0 saturated carbocycles. The molecule has 0 aliphatic carbocycles. The third kappa shape index (κ3) is 2.22. The number of carbonyl (C=O) groups excluding carboxylic acids is 2. The predicted octanol–water partition coefficient (Wildman–Crippen LogP) is 1.03. The molecule has 22 heavy (non-hydrogen) atoms. The van der Waals surface area contributed by atoms with E-state index in [1.165, 1.54) is 4.90 Å². The normalized spacial score (nSPS) is 14.0. The molecule has 0 aromatic heterocycles. The lowest BCUT2D eigenvalue weighted by molar-refractivity contribution is 0.0478. The van der Waals surface area contributed by atoms with E-state index in [4.69, 9.17) is 15.6 Å². The Balaban J connectivity index is 2.00. The number of rotatable bonds is 5. The molecule has 0 unspecified atom stereocenters. The molecule has 6 nitrogen and oxygen atoms in total. The number of amides is 2. The zero-order chi connectivity index (χ0) is 15.7. The van der Waals surface area contributed by atoms with Crippen LogP contribution >= 0.6 is 0 Å². The molecule has 1 aliphatic rings. The third-order valence-corrected chi connectivity index (χ3v) is 3.72. The second kappa shape index (κ2) is 5.75. The number of ether oxygens (including phenoxy) is 1. The van der Waals surface area contributed by atoms with Gasteiger partial charge in [0.15, 0.2) is 0 Å². The quantitative estimate of drug-likeness (QED) is 0.489. The van der Waals surface area contributed by atoms with Crippen LogP contribution in [0.2, 0.25) is 0 Å². The summed E-state index contributed by atoms with van der Waals surface area (Å²) >= 11 is 0. The molecular weight excluding hydrogens is 284 g/mol. The number of aliphatic hydroxyl groups excluding tert-OH is 1. The highest BCUT2D eigenvalue weighted by Crippen LogP contribution is 2.32. The summed E-state index contributed by atoms with van der Waals surface area (Å²) in [5.41, 5.74) is 7.42. The van der Waals surface area contributed by atoms with Gasteiger partial charge in [-0.2, -0.15) is 0 Å². The largest absolute Gasteiger partial charge is 0.398 e. The molecule has 2 aromatic carbocycles. The van der Waals surface area contributed by atoms with Gasteiger partial charge in [-0.3, -0.25) is 14.5 Å². The minimum Gasteiger partial charge on any atom is -0.398 e. The van der Waals surface area contributed by atoms with E-state index in [1.54, 1.807) is 30.3 Å². The number of anilines is 1. The number of carbonyl (C=O) groups is 2. The Morgan fingerprint density at radius 3 is 2.50 bits per heavy atom. The van der Waals surface area contributed by atoms with Crippen molar-refractivity contribution in [1.82, 2.24) is 4.90 Å². The van der Waals surface area contributed by atoms with Crippen molar-refractivity contribution in [3.05, 3.63) is 41.5 Å². The molecule has 0 fully saturated rings. The molecule has 2 amide bonds. The first-order valence-electron chi connectivity index (χ1n) is 7.01. The summed E-state index contributed by atoms with van der Waals surface area (Å²) in [6.45, 7) is 0.429. The van der Waals surface area contributed by atoms with E-state index in [0.717, 1.165) is 0 Å². The number of nitrogen functional groups attached to an aromatic ring is 1. The smallest absolute Gasteiger partial charge is 0.261 e. The maximum absolute atomic E-state index is 12.5. The number of hydrogen-bond donors (Lipinski definition) is 2. The Bertz CT molecular complexity index is 735. The molecular formula is C16H16N2O4. The molecule has 0 atom stereocenters. The SMILES string of the molecule is Nc1ccc2c3c(cccc13)C(=O)N(CCOCCO)C2=O. The Labute approximate surface area is 127 Å². The molecule has 0 saturated heterocycles.